The van der Waals surface area contributed by atoms with Crippen molar-refractivity contribution in [2.75, 3.05) is 23.7 Å². The molecule has 1 atom stereocenters. The molecule has 0 aliphatic carbocycles. The third-order valence-electron chi connectivity index (χ3n) is 5.01. The molecule has 4 aromatic rings. The highest BCUT2D eigenvalue weighted by Gasteiger charge is 2.21. The maximum atomic E-state index is 13.6. The van der Waals surface area contributed by atoms with Gasteiger partial charge in [-0.2, -0.15) is 0 Å². The second kappa shape index (κ2) is 7.16. The summed E-state index contributed by atoms with van der Waals surface area (Å²) in [5.41, 5.74) is 5.77. The smallest absolute Gasteiger partial charge is 0.163 e. The summed E-state index contributed by atoms with van der Waals surface area (Å²) in [7, 11) is 0. The summed E-state index contributed by atoms with van der Waals surface area (Å²) in [5, 5.41) is 6.89. The number of hydrogen-bond donors (Lipinski definition) is 2. The van der Waals surface area contributed by atoms with Crippen molar-refractivity contribution >= 4 is 33.2 Å². The second-order valence-electron chi connectivity index (χ2n) is 6.79. The predicted molar refractivity (Wildman–Crippen MR) is 111 cm³/mol. The summed E-state index contributed by atoms with van der Waals surface area (Å²) in [6.45, 7) is 1.72. The first-order valence-electron chi connectivity index (χ1n) is 9.22. The molecule has 0 saturated heterocycles. The molecule has 2 aromatic carbocycles. The van der Waals surface area contributed by atoms with Gasteiger partial charge in [-0.05, 0) is 30.2 Å². The van der Waals surface area contributed by atoms with Crippen molar-refractivity contribution in [3.63, 3.8) is 0 Å². The summed E-state index contributed by atoms with van der Waals surface area (Å²) in [4.78, 5) is 14.4. The fourth-order valence-electron chi connectivity index (χ4n) is 3.62. The molecule has 5 rings (SSSR count). The number of nitrogens with zero attached hydrogens (tertiary/aromatic N) is 3. The maximum absolute atomic E-state index is 13.6. The monoisotopic (exact) mass is 391 g/mol. The van der Waals surface area contributed by atoms with Crippen molar-refractivity contribution in [3.8, 4) is 11.4 Å². The molecule has 0 spiro atoms. The Morgan fingerprint density at radius 1 is 1.14 bits per heavy atom. The predicted octanol–water partition coefficient (Wildman–Crippen LogP) is 4.90. The highest BCUT2D eigenvalue weighted by Crippen LogP contribution is 2.33. The molecule has 0 saturated carbocycles. The number of rotatable bonds is 5. The number of halogens is 1. The summed E-state index contributed by atoms with van der Waals surface area (Å²) >= 11 is 1.46. The van der Waals surface area contributed by atoms with Crippen LogP contribution in [0.4, 0.5) is 15.9 Å². The van der Waals surface area contributed by atoms with E-state index >= 15 is 0 Å². The van der Waals surface area contributed by atoms with Crippen molar-refractivity contribution in [3.05, 3.63) is 65.4 Å². The molecule has 0 fully saturated rings. The van der Waals surface area contributed by atoms with Gasteiger partial charge >= 0.3 is 0 Å². The average Bonchev–Trinajstić information content (AvgIpc) is 3.35. The molecule has 5 nitrogen and oxygen atoms in total. The van der Waals surface area contributed by atoms with E-state index in [0.717, 1.165) is 29.9 Å². The Morgan fingerprint density at radius 2 is 2.07 bits per heavy atom. The molecular weight excluding hydrogens is 373 g/mol. The molecule has 2 N–H and O–H groups in total. The molecule has 0 bridgehead atoms. The number of nitrogens with one attached hydrogen (secondary N) is 2. The summed E-state index contributed by atoms with van der Waals surface area (Å²) in [5.74, 6) is 1.38. The number of benzene rings is 2. The van der Waals surface area contributed by atoms with E-state index in [1.54, 1.807) is 11.6 Å². The van der Waals surface area contributed by atoms with E-state index in [4.69, 9.17) is 0 Å². The molecule has 0 amide bonds. The zero-order chi connectivity index (χ0) is 18.9. The number of thiazole rings is 1. The molecule has 1 unspecified atom stereocenters. The van der Waals surface area contributed by atoms with E-state index < -0.39 is 0 Å². The first-order valence-corrected chi connectivity index (χ1v) is 10.1. The van der Waals surface area contributed by atoms with Crippen molar-refractivity contribution in [1.29, 1.82) is 0 Å². The Morgan fingerprint density at radius 3 is 3.00 bits per heavy atom. The zero-order valence-corrected chi connectivity index (χ0v) is 15.8. The highest BCUT2D eigenvalue weighted by atomic mass is 32.1. The Labute approximate surface area is 165 Å². The third kappa shape index (κ3) is 3.18. The molecule has 3 heterocycles. The molecule has 140 valence electrons. The molecule has 0 radical (unpaired) electrons. The van der Waals surface area contributed by atoms with Crippen LogP contribution in [0, 0.1) is 5.82 Å². The SMILES string of the molecule is Fc1cccc(-c2nc(NCCC3CNc4ccccc43)c3ncsc3n2)c1. The highest BCUT2D eigenvalue weighted by molar-refractivity contribution is 7.16. The van der Waals surface area contributed by atoms with E-state index in [-0.39, 0.29) is 5.82 Å². The molecule has 2 aromatic heterocycles. The van der Waals surface area contributed by atoms with Crippen LogP contribution in [0.5, 0.6) is 0 Å². The average molecular weight is 391 g/mol. The van der Waals surface area contributed by atoms with Crippen LogP contribution in [-0.2, 0) is 0 Å². The lowest BCUT2D eigenvalue weighted by Crippen LogP contribution is -2.11. The van der Waals surface area contributed by atoms with Crippen LogP contribution in [0.25, 0.3) is 21.7 Å². The van der Waals surface area contributed by atoms with Gasteiger partial charge in [0.25, 0.3) is 0 Å². The minimum atomic E-state index is -0.299. The van der Waals surface area contributed by atoms with Crippen molar-refractivity contribution < 1.29 is 4.39 Å². The molecule has 1 aliphatic rings. The van der Waals surface area contributed by atoms with Crippen molar-refractivity contribution in [2.45, 2.75) is 12.3 Å². The number of aromatic nitrogens is 3. The maximum Gasteiger partial charge on any atom is 0.163 e. The minimum absolute atomic E-state index is 0.299. The van der Waals surface area contributed by atoms with Crippen LogP contribution in [0.2, 0.25) is 0 Å². The molecule has 7 heteroatoms. The lowest BCUT2D eigenvalue weighted by Gasteiger charge is -2.12. The lowest BCUT2D eigenvalue weighted by molar-refractivity contribution is 0.628. The van der Waals surface area contributed by atoms with Crippen molar-refractivity contribution in [1.82, 2.24) is 15.0 Å². The quantitative estimate of drug-likeness (QED) is 0.506. The Bertz CT molecular complexity index is 1140. The van der Waals surface area contributed by atoms with Gasteiger partial charge in [0.15, 0.2) is 11.6 Å². The van der Waals surface area contributed by atoms with Crippen LogP contribution in [-0.4, -0.2) is 28.0 Å². The van der Waals surface area contributed by atoms with Crippen LogP contribution in [0.15, 0.2) is 54.0 Å². The Kier molecular flexibility index (Phi) is 4.37. The van der Waals surface area contributed by atoms with E-state index in [1.807, 2.05) is 6.07 Å². The van der Waals surface area contributed by atoms with Gasteiger partial charge in [-0.3, -0.25) is 0 Å². The lowest BCUT2D eigenvalue weighted by atomic mass is 9.98. The van der Waals surface area contributed by atoms with Gasteiger partial charge in [0.05, 0.1) is 5.51 Å². The van der Waals surface area contributed by atoms with Gasteiger partial charge in [0.1, 0.15) is 16.2 Å². The molecular formula is C21H18FN5S. The summed E-state index contributed by atoms with van der Waals surface area (Å²) in [6.07, 6.45) is 0.981. The first-order chi connectivity index (χ1) is 13.8. The van der Waals surface area contributed by atoms with Crippen LogP contribution < -0.4 is 10.6 Å². The largest absolute Gasteiger partial charge is 0.384 e. The van der Waals surface area contributed by atoms with Gasteiger partial charge in [0, 0.05) is 30.3 Å². The van der Waals surface area contributed by atoms with E-state index in [2.05, 4.69) is 49.9 Å². The van der Waals surface area contributed by atoms with Gasteiger partial charge in [0.2, 0.25) is 0 Å². The topological polar surface area (TPSA) is 62.7 Å². The standard InChI is InChI=1S/C21H18FN5S/c22-15-5-3-4-13(10-15)19-26-20(18-21(27-19)28-12-25-18)23-9-8-14-11-24-17-7-2-1-6-16(14)17/h1-7,10,12,14,24H,8-9,11H2,(H,23,26,27). The van der Waals surface area contributed by atoms with Crippen LogP contribution in [0.3, 0.4) is 0 Å². The number of hydrogen-bond acceptors (Lipinski definition) is 6. The Hall–Kier alpha value is -3.06. The third-order valence-corrected chi connectivity index (χ3v) is 5.72. The minimum Gasteiger partial charge on any atom is -0.384 e. The molecule has 1 aliphatic heterocycles. The van der Waals surface area contributed by atoms with Gasteiger partial charge in [-0.25, -0.2) is 19.3 Å². The fourth-order valence-corrected chi connectivity index (χ4v) is 4.28. The summed E-state index contributed by atoms with van der Waals surface area (Å²) < 4.78 is 13.6. The normalized spacial score (nSPS) is 15.4. The van der Waals surface area contributed by atoms with Gasteiger partial charge in [-0.1, -0.05) is 30.3 Å². The summed E-state index contributed by atoms with van der Waals surface area (Å²) in [6, 6.07) is 14.8. The number of fused-ring (bicyclic) bond motifs is 2. The van der Waals surface area contributed by atoms with Gasteiger partial charge < -0.3 is 10.6 Å². The van der Waals surface area contributed by atoms with Gasteiger partial charge in [-0.15, -0.1) is 11.3 Å². The number of anilines is 2. The zero-order valence-electron chi connectivity index (χ0n) is 15.0. The van der Waals surface area contributed by atoms with Crippen molar-refractivity contribution in [2.24, 2.45) is 0 Å². The van der Waals surface area contributed by atoms with E-state index in [1.165, 1.54) is 34.7 Å². The van der Waals surface area contributed by atoms with Crippen LogP contribution in [0.1, 0.15) is 17.9 Å². The van der Waals surface area contributed by atoms with Crippen LogP contribution >= 0.6 is 11.3 Å². The first kappa shape index (κ1) is 17.1. The second-order valence-corrected chi connectivity index (χ2v) is 7.63. The Balaban J connectivity index is 1.38. The van der Waals surface area contributed by atoms with E-state index in [9.17, 15) is 4.39 Å². The number of para-hydroxylation sites is 1. The van der Waals surface area contributed by atoms with E-state index in [0.29, 0.717) is 23.1 Å². The molecule has 28 heavy (non-hydrogen) atoms. The fraction of sp³-hybridized carbons (Fsp3) is 0.190.